The first-order chi connectivity index (χ1) is 31.3. The molecule has 296 valence electrons. The largest absolute Gasteiger partial charge is 0.309 e. The van der Waals surface area contributed by atoms with Crippen LogP contribution in [0.25, 0.3) is 77.2 Å². The van der Waals surface area contributed by atoms with Gasteiger partial charge in [-0.3, -0.25) is 0 Å². The van der Waals surface area contributed by atoms with Crippen LogP contribution < -0.4 is 20.7 Å². The number of rotatable bonds is 8. The summed E-state index contributed by atoms with van der Waals surface area (Å²) in [7, 11) is -3.02. The highest BCUT2D eigenvalue weighted by Crippen LogP contribution is 2.43. The Morgan fingerprint density at radius 1 is 0.286 bits per heavy atom. The third-order valence-electron chi connectivity index (χ3n) is 13.1. The standard InChI is InChI=1S/C60H42N2Si/c1-6-21-43(22-7-1)44-39-41-46(42-40-44)61-54-35-17-16-31-53(54)58-55(61)36-20-37-56(58)62-59-50(45-23-8-2-9-24-45)32-18-33-51(59)52-34-19-38-57(60(52)62)63(47-25-10-3-11-26-47,48-27-12-4-13-28-48)49-29-14-5-15-30-49/h1-42H. The van der Waals surface area contributed by atoms with Gasteiger partial charge in [0.1, 0.15) is 0 Å². The maximum Gasteiger partial charge on any atom is 0.181 e. The van der Waals surface area contributed by atoms with Gasteiger partial charge >= 0.3 is 0 Å². The van der Waals surface area contributed by atoms with Crippen LogP contribution in [0.4, 0.5) is 0 Å². The van der Waals surface area contributed by atoms with E-state index in [0.717, 1.165) is 11.4 Å². The summed E-state index contributed by atoms with van der Waals surface area (Å²) in [6.45, 7) is 0. The van der Waals surface area contributed by atoms with Crippen molar-refractivity contribution < 1.29 is 0 Å². The van der Waals surface area contributed by atoms with E-state index in [1.54, 1.807) is 0 Å². The van der Waals surface area contributed by atoms with Gasteiger partial charge in [-0.05, 0) is 67.8 Å². The number of aromatic nitrogens is 2. The van der Waals surface area contributed by atoms with E-state index in [0.29, 0.717) is 0 Å². The molecule has 2 aromatic heterocycles. The first-order valence-corrected chi connectivity index (χ1v) is 23.8. The van der Waals surface area contributed by atoms with Gasteiger partial charge in [0.2, 0.25) is 0 Å². The van der Waals surface area contributed by atoms with Crippen LogP contribution >= 0.6 is 0 Å². The molecule has 10 aromatic carbocycles. The van der Waals surface area contributed by atoms with Gasteiger partial charge in [-0.1, -0.05) is 224 Å². The zero-order chi connectivity index (χ0) is 41.7. The van der Waals surface area contributed by atoms with Crippen LogP contribution in [0.3, 0.4) is 0 Å². The third-order valence-corrected chi connectivity index (χ3v) is 17.9. The van der Waals surface area contributed by atoms with E-state index < -0.39 is 8.07 Å². The fourth-order valence-electron chi connectivity index (χ4n) is 10.4. The van der Waals surface area contributed by atoms with E-state index in [1.807, 2.05) is 0 Å². The van der Waals surface area contributed by atoms with Gasteiger partial charge in [-0.15, -0.1) is 0 Å². The summed E-state index contributed by atoms with van der Waals surface area (Å²) in [5.41, 5.74) is 11.9. The van der Waals surface area contributed by atoms with Crippen molar-refractivity contribution in [3.05, 3.63) is 255 Å². The van der Waals surface area contributed by atoms with E-state index in [2.05, 4.69) is 264 Å². The molecule has 0 aliphatic carbocycles. The second kappa shape index (κ2) is 15.2. The smallest absolute Gasteiger partial charge is 0.181 e. The summed E-state index contributed by atoms with van der Waals surface area (Å²) in [4.78, 5) is 0. The average Bonchev–Trinajstić information content (AvgIpc) is 3.90. The van der Waals surface area contributed by atoms with Crippen molar-refractivity contribution in [2.45, 2.75) is 0 Å². The molecule has 0 bridgehead atoms. The van der Waals surface area contributed by atoms with Crippen molar-refractivity contribution in [3.63, 3.8) is 0 Å². The fourth-order valence-corrected chi connectivity index (χ4v) is 15.4. The molecular weight excluding hydrogens is 777 g/mol. The predicted molar refractivity (Wildman–Crippen MR) is 270 cm³/mol. The van der Waals surface area contributed by atoms with Gasteiger partial charge in [0.25, 0.3) is 0 Å². The van der Waals surface area contributed by atoms with Crippen LogP contribution in [0, 0.1) is 0 Å². The molecule has 12 rings (SSSR count). The highest BCUT2D eigenvalue weighted by atomic mass is 28.3. The van der Waals surface area contributed by atoms with E-state index in [1.165, 1.54) is 86.6 Å². The van der Waals surface area contributed by atoms with Crippen LogP contribution in [-0.2, 0) is 0 Å². The lowest BCUT2D eigenvalue weighted by Crippen LogP contribution is -2.75. The minimum absolute atomic E-state index is 1.13. The SMILES string of the molecule is c1ccc(-c2ccc(-n3c4ccccc4c4c(-n5c6c(-c7ccccc7)cccc6c6cccc([Si](c7ccccc7)(c7ccccc7)c7ccccc7)c65)cccc43)cc2)cc1. The fraction of sp³-hybridized carbons (Fsp3) is 0. The highest BCUT2D eigenvalue weighted by molar-refractivity contribution is 7.20. The number of fused-ring (bicyclic) bond motifs is 6. The monoisotopic (exact) mass is 818 g/mol. The zero-order valence-electron chi connectivity index (χ0n) is 34.6. The Bertz CT molecular complexity index is 3480. The van der Waals surface area contributed by atoms with Gasteiger partial charge in [0.05, 0.1) is 27.8 Å². The molecule has 0 aliphatic rings. The van der Waals surface area contributed by atoms with E-state index in [-0.39, 0.29) is 0 Å². The zero-order valence-corrected chi connectivity index (χ0v) is 35.6. The van der Waals surface area contributed by atoms with Crippen molar-refractivity contribution >= 4 is 72.4 Å². The predicted octanol–water partition coefficient (Wildman–Crippen LogP) is 12.6. The van der Waals surface area contributed by atoms with Crippen LogP contribution in [0.5, 0.6) is 0 Å². The van der Waals surface area contributed by atoms with Crippen LogP contribution in [0.1, 0.15) is 0 Å². The molecule has 12 aromatic rings. The lowest BCUT2D eigenvalue weighted by atomic mass is 10.0. The molecule has 2 nitrogen and oxygen atoms in total. The van der Waals surface area contributed by atoms with E-state index in [4.69, 9.17) is 0 Å². The molecule has 3 heteroatoms. The average molecular weight is 819 g/mol. The molecule has 0 N–H and O–H groups in total. The number of hydrogen-bond donors (Lipinski definition) is 0. The Balaban J connectivity index is 1.25. The molecule has 0 atom stereocenters. The Labute approximate surface area is 368 Å². The lowest BCUT2D eigenvalue weighted by Gasteiger charge is -2.35. The summed E-state index contributed by atoms with van der Waals surface area (Å²) in [5.74, 6) is 0. The molecule has 63 heavy (non-hydrogen) atoms. The van der Waals surface area contributed by atoms with E-state index >= 15 is 0 Å². The number of para-hydroxylation sites is 3. The third kappa shape index (κ3) is 5.78. The van der Waals surface area contributed by atoms with Crippen LogP contribution in [0.15, 0.2) is 255 Å². The summed E-state index contributed by atoms with van der Waals surface area (Å²) >= 11 is 0. The molecule has 0 amide bonds. The quantitative estimate of drug-likeness (QED) is 0.107. The number of benzene rings is 10. The van der Waals surface area contributed by atoms with Crippen molar-refractivity contribution in [1.82, 2.24) is 9.13 Å². The number of nitrogens with zero attached hydrogens (tertiary/aromatic N) is 2. The molecule has 2 heterocycles. The second-order valence-electron chi connectivity index (χ2n) is 16.4. The molecule has 0 saturated heterocycles. The van der Waals surface area contributed by atoms with Gasteiger partial charge in [-0.25, -0.2) is 0 Å². The molecule has 0 saturated carbocycles. The first kappa shape index (κ1) is 36.8. The Hall–Kier alpha value is -7.98. The summed E-state index contributed by atoms with van der Waals surface area (Å²) in [6, 6.07) is 94.4. The minimum atomic E-state index is -3.02. The molecule has 0 aliphatic heterocycles. The number of hydrogen-bond acceptors (Lipinski definition) is 0. The van der Waals surface area contributed by atoms with Crippen molar-refractivity contribution in [1.29, 1.82) is 0 Å². The molecule has 0 fully saturated rings. The maximum atomic E-state index is 2.65. The van der Waals surface area contributed by atoms with Gasteiger partial charge < -0.3 is 9.13 Å². The van der Waals surface area contributed by atoms with Gasteiger partial charge in [0.15, 0.2) is 8.07 Å². The Morgan fingerprint density at radius 2 is 0.746 bits per heavy atom. The molecule has 0 unspecified atom stereocenters. The minimum Gasteiger partial charge on any atom is -0.309 e. The van der Waals surface area contributed by atoms with Crippen LogP contribution in [0.2, 0.25) is 0 Å². The lowest BCUT2D eigenvalue weighted by molar-refractivity contribution is 1.17. The van der Waals surface area contributed by atoms with Gasteiger partial charge in [-0.2, -0.15) is 0 Å². The summed E-state index contributed by atoms with van der Waals surface area (Å²) in [6.07, 6.45) is 0. The highest BCUT2D eigenvalue weighted by Gasteiger charge is 2.43. The Kier molecular flexibility index (Phi) is 8.87. The second-order valence-corrected chi connectivity index (χ2v) is 20.2. The van der Waals surface area contributed by atoms with Crippen LogP contribution in [-0.4, -0.2) is 17.2 Å². The molecule has 0 radical (unpaired) electrons. The topological polar surface area (TPSA) is 9.86 Å². The first-order valence-electron chi connectivity index (χ1n) is 21.8. The van der Waals surface area contributed by atoms with E-state index in [9.17, 15) is 0 Å². The van der Waals surface area contributed by atoms with Crippen molar-refractivity contribution in [2.24, 2.45) is 0 Å². The summed E-state index contributed by atoms with van der Waals surface area (Å²) < 4.78 is 5.10. The van der Waals surface area contributed by atoms with Crippen molar-refractivity contribution in [2.75, 3.05) is 0 Å². The maximum absolute atomic E-state index is 3.02. The van der Waals surface area contributed by atoms with Crippen molar-refractivity contribution in [3.8, 4) is 33.6 Å². The Morgan fingerprint density at radius 3 is 1.37 bits per heavy atom. The van der Waals surface area contributed by atoms with Gasteiger partial charge in [0, 0.05) is 32.8 Å². The summed E-state index contributed by atoms with van der Waals surface area (Å²) in [5, 5.41) is 10.3. The normalized spacial score (nSPS) is 11.8. The molecular formula is C60H42N2Si. The molecule has 0 spiro atoms.